The van der Waals surface area contributed by atoms with Gasteiger partial charge in [0.05, 0.1) is 18.7 Å². The van der Waals surface area contributed by atoms with Gasteiger partial charge in [0.15, 0.2) is 11.4 Å². The maximum absolute atomic E-state index is 14.1. The molecule has 0 bridgehead atoms. The zero-order valence-corrected chi connectivity index (χ0v) is 25.0. The highest BCUT2D eigenvalue weighted by atomic mass is 16.5. The van der Waals surface area contributed by atoms with E-state index in [2.05, 4.69) is 4.90 Å². The molecule has 232 valence electrons. The van der Waals surface area contributed by atoms with Crippen molar-refractivity contribution in [3.63, 3.8) is 0 Å². The minimum Gasteiger partial charge on any atom is -0.508 e. The SMILES string of the molecule is COc1ccc(CN2CCCC2)cc1-c1ccc2c(c1O)C(O)=C1C(=O)[C@]3(O)C(O)=C(C(N)=O)C(=O)[C@@H](N(C)C)[C@@H]3C[C@@H]1C2. The minimum atomic E-state index is -2.68. The number of aromatic hydroxyl groups is 1. The summed E-state index contributed by atoms with van der Waals surface area (Å²) < 4.78 is 5.62. The van der Waals surface area contributed by atoms with E-state index in [4.69, 9.17) is 10.5 Å². The molecule has 6 N–H and O–H groups in total. The lowest BCUT2D eigenvalue weighted by atomic mass is 9.57. The Bertz CT molecular complexity index is 1650. The third-order valence-corrected chi connectivity index (χ3v) is 9.75. The van der Waals surface area contributed by atoms with E-state index in [1.54, 1.807) is 26.2 Å². The van der Waals surface area contributed by atoms with Crippen LogP contribution in [-0.4, -0.2) is 93.6 Å². The van der Waals surface area contributed by atoms with Crippen molar-refractivity contribution < 1.29 is 39.5 Å². The second-order valence-corrected chi connectivity index (χ2v) is 12.5. The molecule has 1 saturated carbocycles. The summed E-state index contributed by atoms with van der Waals surface area (Å²) in [5.74, 6) is -6.18. The topological polar surface area (TPSA) is 174 Å². The van der Waals surface area contributed by atoms with Gasteiger partial charge in [0.2, 0.25) is 5.78 Å². The van der Waals surface area contributed by atoms with Gasteiger partial charge in [-0.05, 0) is 82.0 Å². The summed E-state index contributed by atoms with van der Waals surface area (Å²) in [6.07, 6.45) is 2.58. The van der Waals surface area contributed by atoms with Crippen molar-refractivity contribution in [3.8, 4) is 22.6 Å². The fourth-order valence-electron chi connectivity index (χ4n) is 7.70. The molecule has 4 atom stereocenters. The smallest absolute Gasteiger partial charge is 0.255 e. The Balaban J connectivity index is 1.47. The van der Waals surface area contributed by atoms with Gasteiger partial charge in [-0.2, -0.15) is 0 Å². The highest BCUT2D eigenvalue weighted by Gasteiger charge is 2.64. The number of aliphatic hydroxyl groups excluding tert-OH is 2. The number of aliphatic hydroxyl groups is 3. The monoisotopic (exact) mass is 603 g/mol. The second kappa shape index (κ2) is 10.8. The van der Waals surface area contributed by atoms with Crippen LogP contribution in [0.4, 0.5) is 0 Å². The number of nitrogens with zero attached hydrogens (tertiary/aromatic N) is 2. The largest absolute Gasteiger partial charge is 0.508 e. The number of benzene rings is 2. The summed E-state index contributed by atoms with van der Waals surface area (Å²) in [6.45, 7) is 2.78. The maximum Gasteiger partial charge on any atom is 0.255 e. The van der Waals surface area contributed by atoms with Crippen molar-refractivity contribution in [1.29, 1.82) is 0 Å². The van der Waals surface area contributed by atoms with E-state index in [9.17, 15) is 34.8 Å². The number of hydrogen-bond acceptors (Lipinski definition) is 10. The van der Waals surface area contributed by atoms with Gasteiger partial charge in [0, 0.05) is 29.2 Å². The Kier molecular flexibility index (Phi) is 7.30. The van der Waals surface area contributed by atoms with Crippen LogP contribution in [0.1, 0.15) is 36.0 Å². The molecule has 0 aromatic heterocycles. The number of ketones is 2. The predicted octanol–water partition coefficient (Wildman–Crippen LogP) is 2.24. The Morgan fingerprint density at radius 1 is 1.09 bits per heavy atom. The van der Waals surface area contributed by atoms with E-state index in [0.717, 1.165) is 38.0 Å². The molecule has 1 aliphatic heterocycles. The first-order chi connectivity index (χ1) is 20.9. The number of primary amides is 1. The summed E-state index contributed by atoms with van der Waals surface area (Å²) in [5, 5.41) is 46.1. The van der Waals surface area contributed by atoms with Crippen molar-refractivity contribution >= 4 is 23.2 Å². The number of carbonyl (C=O) groups is 3. The highest BCUT2D eigenvalue weighted by molar-refractivity contribution is 6.24. The lowest BCUT2D eigenvalue weighted by Crippen LogP contribution is -2.65. The van der Waals surface area contributed by atoms with Gasteiger partial charge in [0.1, 0.15) is 28.6 Å². The van der Waals surface area contributed by atoms with Crippen LogP contribution in [0.5, 0.6) is 11.5 Å². The number of likely N-dealkylation sites (tertiary alicyclic amines) is 1. The molecule has 1 saturated heterocycles. The average Bonchev–Trinajstić information content (AvgIpc) is 3.48. The zero-order valence-electron chi connectivity index (χ0n) is 25.0. The zero-order chi connectivity index (χ0) is 31.7. The van der Waals surface area contributed by atoms with Crippen LogP contribution in [0.25, 0.3) is 16.9 Å². The first-order valence-corrected chi connectivity index (χ1v) is 14.8. The lowest BCUT2D eigenvalue weighted by Gasteiger charge is -2.50. The molecular formula is C33H37N3O8. The number of amides is 1. The van der Waals surface area contributed by atoms with Crippen molar-refractivity contribution in [3.05, 3.63) is 63.9 Å². The van der Waals surface area contributed by atoms with Gasteiger partial charge in [-0.25, -0.2) is 0 Å². The number of ether oxygens (including phenoxy) is 1. The molecule has 6 rings (SSSR count). The number of methoxy groups -OCH3 is 1. The molecule has 1 heterocycles. The molecule has 3 aliphatic carbocycles. The van der Waals surface area contributed by atoms with E-state index in [1.165, 1.54) is 12.0 Å². The molecular weight excluding hydrogens is 566 g/mol. The molecule has 0 radical (unpaired) electrons. The van der Waals surface area contributed by atoms with Gasteiger partial charge in [-0.3, -0.25) is 24.2 Å². The Morgan fingerprint density at radius 3 is 2.43 bits per heavy atom. The number of rotatable bonds is 6. The molecule has 11 nitrogen and oxygen atoms in total. The minimum absolute atomic E-state index is 0.0423. The van der Waals surface area contributed by atoms with E-state index in [-0.39, 0.29) is 29.7 Å². The van der Waals surface area contributed by atoms with Crippen molar-refractivity contribution in [2.45, 2.75) is 43.9 Å². The predicted molar refractivity (Wildman–Crippen MR) is 161 cm³/mol. The van der Waals surface area contributed by atoms with E-state index in [0.29, 0.717) is 22.4 Å². The Hall–Kier alpha value is -4.19. The molecule has 1 amide bonds. The average molecular weight is 604 g/mol. The standard InChI is InChI=1S/C33H37N3O8/c1-35(2)26-21-14-18-13-17-7-8-19(20-12-16(6-9-22(20)44-3)15-36-10-4-5-11-36)27(37)23(17)28(38)24(18)30(40)33(21,43)31(41)25(29(26)39)32(34)42/h6-9,12,18,21,26,37-38,41,43H,4-5,10-11,13-15H2,1-3H3,(H2,34,42)/t18-,21-,26-,33-/m0/s1. The van der Waals surface area contributed by atoms with Crippen LogP contribution in [0.2, 0.25) is 0 Å². The van der Waals surface area contributed by atoms with Crippen molar-refractivity contribution in [2.75, 3.05) is 34.3 Å². The summed E-state index contributed by atoms with van der Waals surface area (Å²) >= 11 is 0. The number of likely N-dealkylation sites (N-methyl/N-ethyl adjacent to an activating group) is 1. The molecule has 2 aromatic rings. The van der Waals surface area contributed by atoms with E-state index < -0.39 is 58.0 Å². The van der Waals surface area contributed by atoms with Gasteiger partial charge in [-0.1, -0.05) is 18.2 Å². The molecule has 2 aromatic carbocycles. The number of hydrogen-bond donors (Lipinski definition) is 5. The van der Waals surface area contributed by atoms with Crippen molar-refractivity contribution in [2.24, 2.45) is 17.6 Å². The first-order valence-electron chi connectivity index (χ1n) is 14.8. The van der Waals surface area contributed by atoms with Crippen LogP contribution in [0.3, 0.4) is 0 Å². The normalized spacial score (nSPS) is 27.0. The van der Waals surface area contributed by atoms with Gasteiger partial charge in [-0.15, -0.1) is 0 Å². The molecule has 2 fully saturated rings. The Morgan fingerprint density at radius 2 is 1.80 bits per heavy atom. The van der Waals surface area contributed by atoms with Crippen LogP contribution < -0.4 is 10.5 Å². The fraction of sp³-hybridized carbons (Fsp3) is 0.424. The maximum atomic E-state index is 14.1. The number of fused-ring (bicyclic) bond motifs is 3. The quantitative estimate of drug-likeness (QED) is 0.308. The van der Waals surface area contributed by atoms with Crippen molar-refractivity contribution in [1.82, 2.24) is 9.80 Å². The van der Waals surface area contributed by atoms with Gasteiger partial charge in [0.25, 0.3) is 5.91 Å². The number of phenols is 1. The van der Waals surface area contributed by atoms with E-state index >= 15 is 0 Å². The lowest BCUT2D eigenvalue weighted by molar-refractivity contribution is -0.153. The number of nitrogens with two attached hydrogens (primary N) is 1. The molecule has 11 heteroatoms. The third kappa shape index (κ3) is 4.33. The number of Topliss-reactive ketones (excluding diaryl/α,β-unsaturated/α-hetero) is 2. The summed E-state index contributed by atoms with van der Waals surface area (Å²) in [7, 11) is 4.68. The van der Waals surface area contributed by atoms with E-state index in [1.807, 2.05) is 18.2 Å². The van der Waals surface area contributed by atoms with Gasteiger partial charge >= 0.3 is 0 Å². The summed E-state index contributed by atoms with van der Waals surface area (Å²) in [4.78, 5) is 43.4. The molecule has 44 heavy (non-hydrogen) atoms. The first kappa shape index (κ1) is 29.9. The molecule has 4 aliphatic rings. The third-order valence-electron chi connectivity index (χ3n) is 9.75. The van der Waals surface area contributed by atoms with Crippen LogP contribution in [0, 0.1) is 11.8 Å². The van der Waals surface area contributed by atoms with Gasteiger partial charge < -0.3 is 30.9 Å². The number of phenolic OH excluding ortho intramolecular Hbond substituents is 1. The fourth-order valence-corrected chi connectivity index (χ4v) is 7.70. The van der Waals surface area contributed by atoms with Crippen LogP contribution >= 0.6 is 0 Å². The van der Waals surface area contributed by atoms with Crippen LogP contribution in [0.15, 0.2) is 47.2 Å². The number of carbonyl (C=O) groups excluding carboxylic acids is 3. The molecule has 0 spiro atoms. The molecule has 0 unspecified atom stereocenters. The second-order valence-electron chi connectivity index (χ2n) is 12.5. The summed E-state index contributed by atoms with van der Waals surface area (Å²) in [6, 6.07) is 8.18. The van der Waals surface area contributed by atoms with Crippen LogP contribution in [-0.2, 0) is 27.3 Å². The summed E-state index contributed by atoms with van der Waals surface area (Å²) in [5.41, 5.74) is 4.39. The highest BCUT2D eigenvalue weighted by Crippen LogP contribution is 2.53. The Labute approximate surface area is 254 Å².